The van der Waals surface area contributed by atoms with Crippen molar-refractivity contribution in [3.63, 3.8) is 0 Å². The second kappa shape index (κ2) is 6.37. The zero-order valence-electron chi connectivity index (χ0n) is 14.0. The van der Waals surface area contributed by atoms with Crippen LogP contribution < -0.4 is 5.32 Å². The van der Waals surface area contributed by atoms with Crippen molar-refractivity contribution < 1.29 is 8.78 Å². The Labute approximate surface area is 157 Å². The van der Waals surface area contributed by atoms with Gasteiger partial charge in [0, 0.05) is 11.1 Å². The van der Waals surface area contributed by atoms with E-state index in [4.69, 9.17) is 11.6 Å². The smallest absolute Gasteiger partial charge is 0.196 e. The second-order valence-electron chi connectivity index (χ2n) is 5.96. The first-order valence-corrected chi connectivity index (χ1v) is 9.16. The molecule has 2 aromatic heterocycles. The van der Waals surface area contributed by atoms with Crippen molar-refractivity contribution in [3.05, 3.63) is 69.7 Å². The van der Waals surface area contributed by atoms with Gasteiger partial charge in [-0.2, -0.15) is 0 Å². The number of benzene rings is 2. The number of hydrogen-bond acceptors (Lipinski definition) is 3. The highest BCUT2D eigenvalue weighted by Gasteiger charge is 2.23. The van der Waals surface area contributed by atoms with Gasteiger partial charge in [-0.3, -0.25) is 4.40 Å². The topological polar surface area (TPSA) is 29.3 Å². The lowest BCUT2D eigenvalue weighted by atomic mass is 10.1. The van der Waals surface area contributed by atoms with E-state index < -0.39 is 11.6 Å². The lowest BCUT2D eigenvalue weighted by Crippen LogP contribution is -2.01. The second-order valence-corrected chi connectivity index (χ2v) is 7.20. The van der Waals surface area contributed by atoms with Crippen LogP contribution in [0.15, 0.2) is 41.8 Å². The molecule has 0 atom stereocenters. The molecule has 0 aliphatic carbocycles. The van der Waals surface area contributed by atoms with Crippen molar-refractivity contribution in [2.75, 3.05) is 5.32 Å². The molecule has 0 aliphatic heterocycles. The number of aryl methyl sites for hydroxylation is 2. The minimum Gasteiger partial charge on any atom is -0.338 e. The standard InChI is InChI=1S/C19H14ClF2N3S/c1-10-5-3-6-12(20)16(10)23-18-17(15-13(21)7-4-8-14(15)22)24-19-25(18)11(2)9-26-19/h3-9,23H,1-2H3. The van der Waals surface area contributed by atoms with Crippen molar-refractivity contribution in [1.82, 2.24) is 9.38 Å². The lowest BCUT2D eigenvalue weighted by Gasteiger charge is -2.13. The van der Waals surface area contributed by atoms with Crippen molar-refractivity contribution in [1.29, 1.82) is 0 Å². The van der Waals surface area contributed by atoms with Crippen LogP contribution in [0.4, 0.5) is 20.3 Å². The number of halogens is 3. The molecule has 0 amide bonds. The van der Waals surface area contributed by atoms with E-state index in [1.807, 2.05) is 35.8 Å². The van der Waals surface area contributed by atoms with E-state index in [-0.39, 0.29) is 11.3 Å². The molecule has 0 unspecified atom stereocenters. The number of nitrogens with one attached hydrogen (secondary N) is 1. The molecule has 26 heavy (non-hydrogen) atoms. The Balaban J connectivity index is 2.00. The van der Waals surface area contributed by atoms with E-state index in [1.165, 1.54) is 29.5 Å². The molecule has 7 heteroatoms. The van der Waals surface area contributed by atoms with E-state index >= 15 is 0 Å². The molecule has 4 aromatic rings. The normalized spacial score (nSPS) is 11.3. The van der Waals surface area contributed by atoms with Gasteiger partial charge < -0.3 is 5.32 Å². The average molecular weight is 390 g/mol. The fraction of sp³-hybridized carbons (Fsp3) is 0.105. The van der Waals surface area contributed by atoms with E-state index in [9.17, 15) is 8.78 Å². The van der Waals surface area contributed by atoms with Gasteiger partial charge in [0.05, 0.1) is 16.3 Å². The van der Waals surface area contributed by atoms with Gasteiger partial charge in [0.25, 0.3) is 0 Å². The van der Waals surface area contributed by atoms with Crippen LogP contribution in [0.3, 0.4) is 0 Å². The van der Waals surface area contributed by atoms with Crippen LogP contribution in [0.1, 0.15) is 11.3 Å². The maximum atomic E-state index is 14.4. The summed E-state index contributed by atoms with van der Waals surface area (Å²) < 4.78 is 30.7. The number of thiazole rings is 1. The van der Waals surface area contributed by atoms with Crippen LogP contribution in [0, 0.1) is 25.5 Å². The van der Waals surface area contributed by atoms with Crippen molar-refractivity contribution in [2.24, 2.45) is 0 Å². The first-order chi connectivity index (χ1) is 12.5. The summed E-state index contributed by atoms with van der Waals surface area (Å²) in [6.07, 6.45) is 0. The SMILES string of the molecule is Cc1cccc(Cl)c1Nc1c(-c2c(F)cccc2F)nc2scc(C)n12. The van der Waals surface area contributed by atoms with E-state index in [1.54, 1.807) is 6.07 Å². The van der Waals surface area contributed by atoms with Crippen LogP contribution in [-0.4, -0.2) is 9.38 Å². The Morgan fingerprint density at radius 1 is 1.08 bits per heavy atom. The van der Waals surface area contributed by atoms with Gasteiger partial charge in [-0.05, 0) is 37.6 Å². The average Bonchev–Trinajstić information content (AvgIpc) is 3.12. The van der Waals surface area contributed by atoms with Crippen LogP contribution in [-0.2, 0) is 0 Å². The highest BCUT2D eigenvalue weighted by Crippen LogP contribution is 2.38. The summed E-state index contributed by atoms with van der Waals surface area (Å²) in [5.41, 5.74) is 2.57. The summed E-state index contributed by atoms with van der Waals surface area (Å²) in [5.74, 6) is -0.835. The Hall–Kier alpha value is -2.44. The third-order valence-electron chi connectivity index (χ3n) is 4.20. The lowest BCUT2D eigenvalue weighted by molar-refractivity contribution is 0.589. The predicted octanol–water partition coefficient (Wildman–Crippen LogP) is 6.35. The zero-order valence-corrected chi connectivity index (χ0v) is 15.6. The molecule has 2 heterocycles. The molecule has 132 valence electrons. The molecule has 0 bridgehead atoms. The fourth-order valence-corrected chi connectivity index (χ4v) is 4.05. The minimum atomic E-state index is -0.660. The molecule has 0 aliphatic rings. The van der Waals surface area contributed by atoms with Crippen molar-refractivity contribution >= 4 is 39.4 Å². The Morgan fingerprint density at radius 2 is 1.77 bits per heavy atom. The molecule has 0 fully saturated rings. The fourth-order valence-electron chi connectivity index (χ4n) is 2.92. The maximum absolute atomic E-state index is 14.4. The Morgan fingerprint density at radius 3 is 2.46 bits per heavy atom. The van der Waals surface area contributed by atoms with Gasteiger partial charge >= 0.3 is 0 Å². The molecule has 0 spiro atoms. The zero-order chi connectivity index (χ0) is 18.4. The quantitative estimate of drug-likeness (QED) is 0.442. The highest BCUT2D eigenvalue weighted by molar-refractivity contribution is 7.15. The number of para-hydroxylation sites is 1. The summed E-state index contributed by atoms with van der Waals surface area (Å²) >= 11 is 7.74. The van der Waals surface area contributed by atoms with E-state index in [2.05, 4.69) is 10.3 Å². The van der Waals surface area contributed by atoms with E-state index in [0.717, 1.165) is 11.3 Å². The van der Waals surface area contributed by atoms with Gasteiger partial charge in [0.15, 0.2) is 4.96 Å². The predicted molar refractivity (Wildman–Crippen MR) is 103 cm³/mol. The Kier molecular flexibility index (Phi) is 4.17. The monoisotopic (exact) mass is 389 g/mol. The molecule has 0 radical (unpaired) electrons. The molecule has 3 nitrogen and oxygen atoms in total. The van der Waals surface area contributed by atoms with Gasteiger partial charge in [0.1, 0.15) is 23.1 Å². The minimum absolute atomic E-state index is 0.157. The number of imidazole rings is 1. The molecular weight excluding hydrogens is 376 g/mol. The summed E-state index contributed by atoms with van der Waals surface area (Å²) in [6, 6.07) is 9.31. The molecule has 1 N–H and O–H groups in total. The number of rotatable bonds is 3. The van der Waals surface area contributed by atoms with Gasteiger partial charge in [-0.15, -0.1) is 11.3 Å². The van der Waals surface area contributed by atoms with Gasteiger partial charge in [-0.1, -0.05) is 29.8 Å². The number of fused-ring (bicyclic) bond motifs is 1. The molecular formula is C19H14ClF2N3S. The largest absolute Gasteiger partial charge is 0.338 e. The number of aromatic nitrogens is 2. The summed E-state index contributed by atoms with van der Waals surface area (Å²) in [6.45, 7) is 3.83. The number of anilines is 2. The van der Waals surface area contributed by atoms with Crippen LogP contribution >= 0.6 is 22.9 Å². The Bertz CT molecular complexity index is 1090. The maximum Gasteiger partial charge on any atom is 0.196 e. The summed E-state index contributed by atoms with van der Waals surface area (Å²) in [5, 5.41) is 5.71. The van der Waals surface area contributed by atoms with Crippen molar-refractivity contribution in [2.45, 2.75) is 13.8 Å². The molecule has 4 rings (SSSR count). The van der Waals surface area contributed by atoms with Gasteiger partial charge in [-0.25, -0.2) is 13.8 Å². The first-order valence-electron chi connectivity index (χ1n) is 7.90. The van der Waals surface area contributed by atoms with Gasteiger partial charge in [0.2, 0.25) is 0 Å². The number of nitrogens with zero attached hydrogens (tertiary/aromatic N) is 2. The third-order valence-corrected chi connectivity index (χ3v) is 5.46. The van der Waals surface area contributed by atoms with Crippen LogP contribution in [0.2, 0.25) is 5.02 Å². The van der Waals surface area contributed by atoms with E-state index in [0.29, 0.717) is 21.5 Å². The van der Waals surface area contributed by atoms with Crippen molar-refractivity contribution in [3.8, 4) is 11.3 Å². The van der Waals surface area contributed by atoms with Crippen LogP contribution in [0.25, 0.3) is 16.2 Å². The first kappa shape index (κ1) is 17.0. The third kappa shape index (κ3) is 2.66. The highest BCUT2D eigenvalue weighted by atomic mass is 35.5. The number of hydrogen-bond donors (Lipinski definition) is 1. The summed E-state index contributed by atoms with van der Waals surface area (Å²) in [4.78, 5) is 5.12. The molecule has 0 saturated heterocycles. The van der Waals surface area contributed by atoms with Crippen LogP contribution in [0.5, 0.6) is 0 Å². The summed E-state index contributed by atoms with van der Waals surface area (Å²) in [7, 11) is 0. The molecule has 0 saturated carbocycles. The molecule has 2 aromatic carbocycles.